The number of nitrogens with zero attached hydrogens (tertiary/aromatic N) is 2. The Balaban J connectivity index is 4.42. The Bertz CT molecular complexity index is 285. The number of oxime groups is 1. The number of hydrogen-bond donors (Lipinski definition) is 2. The van der Waals surface area contributed by atoms with Crippen molar-refractivity contribution in [2.24, 2.45) is 16.3 Å². The molecule has 0 aromatic rings. The van der Waals surface area contributed by atoms with Crippen LogP contribution >= 0.6 is 0 Å². The molecule has 18 heavy (non-hydrogen) atoms. The zero-order chi connectivity index (χ0) is 14.2. The number of carbonyl (C=O) groups is 1. The third-order valence-corrected chi connectivity index (χ3v) is 2.37. The summed E-state index contributed by atoms with van der Waals surface area (Å²) in [6.45, 7) is 7.49. The number of rotatable bonds is 7. The van der Waals surface area contributed by atoms with Gasteiger partial charge in [0.2, 0.25) is 5.91 Å². The predicted molar refractivity (Wildman–Crippen MR) is 70.6 cm³/mol. The molecule has 0 unspecified atom stereocenters. The molecule has 106 valence electrons. The molecular weight excluding hydrogens is 234 g/mol. The van der Waals surface area contributed by atoms with E-state index >= 15 is 0 Å². The Morgan fingerprint density at radius 3 is 2.44 bits per heavy atom. The van der Waals surface area contributed by atoms with Crippen molar-refractivity contribution in [1.82, 2.24) is 4.90 Å². The second kappa shape index (κ2) is 7.92. The van der Waals surface area contributed by atoms with E-state index < -0.39 is 0 Å². The quantitative estimate of drug-likeness (QED) is 0.309. The Morgan fingerprint density at radius 2 is 2.00 bits per heavy atom. The average molecular weight is 259 g/mol. The topological polar surface area (TPSA) is 88.2 Å². The molecule has 1 amide bonds. The first kappa shape index (κ1) is 16.7. The van der Waals surface area contributed by atoms with Gasteiger partial charge in [-0.05, 0) is 5.41 Å². The number of methoxy groups -OCH3 is 1. The fourth-order valence-electron chi connectivity index (χ4n) is 1.43. The van der Waals surface area contributed by atoms with Gasteiger partial charge in [-0.25, -0.2) is 0 Å². The summed E-state index contributed by atoms with van der Waals surface area (Å²) in [5.41, 5.74) is 5.35. The zero-order valence-corrected chi connectivity index (χ0v) is 11.8. The van der Waals surface area contributed by atoms with Crippen molar-refractivity contribution in [2.75, 3.05) is 26.8 Å². The van der Waals surface area contributed by atoms with Crippen LogP contribution < -0.4 is 5.73 Å². The number of nitrogens with two attached hydrogens (primary N) is 1. The minimum atomic E-state index is -0.0565. The zero-order valence-electron chi connectivity index (χ0n) is 11.8. The van der Waals surface area contributed by atoms with E-state index in [-0.39, 0.29) is 17.2 Å². The van der Waals surface area contributed by atoms with Crippen molar-refractivity contribution in [2.45, 2.75) is 33.6 Å². The van der Waals surface area contributed by atoms with Crippen LogP contribution in [0.5, 0.6) is 0 Å². The van der Waals surface area contributed by atoms with E-state index in [1.807, 2.05) is 20.8 Å². The van der Waals surface area contributed by atoms with Crippen LogP contribution in [0, 0.1) is 5.41 Å². The number of ether oxygens (including phenoxy) is 1. The minimum absolute atomic E-state index is 0.0565. The summed E-state index contributed by atoms with van der Waals surface area (Å²) in [4.78, 5) is 13.8. The van der Waals surface area contributed by atoms with E-state index in [9.17, 15) is 4.79 Å². The highest BCUT2D eigenvalue weighted by Gasteiger charge is 2.21. The predicted octanol–water partition coefficient (Wildman–Crippen LogP) is 1.03. The largest absolute Gasteiger partial charge is 0.409 e. The Kier molecular flexibility index (Phi) is 7.35. The Morgan fingerprint density at radius 1 is 1.39 bits per heavy atom. The van der Waals surface area contributed by atoms with Crippen molar-refractivity contribution in [3.63, 3.8) is 0 Å². The molecule has 0 rings (SSSR count). The van der Waals surface area contributed by atoms with Crippen LogP contribution in [0.4, 0.5) is 0 Å². The van der Waals surface area contributed by atoms with Crippen LogP contribution in [-0.4, -0.2) is 48.7 Å². The molecule has 0 aliphatic heterocycles. The molecule has 0 fully saturated rings. The number of amides is 1. The fourth-order valence-corrected chi connectivity index (χ4v) is 1.43. The van der Waals surface area contributed by atoms with Gasteiger partial charge in [0.05, 0.1) is 6.61 Å². The molecular formula is C12H25N3O3. The molecule has 0 aromatic carbocycles. The lowest BCUT2D eigenvalue weighted by molar-refractivity contribution is -0.133. The van der Waals surface area contributed by atoms with Crippen LogP contribution in [0.2, 0.25) is 0 Å². The summed E-state index contributed by atoms with van der Waals surface area (Å²) < 4.78 is 4.98. The third kappa shape index (κ3) is 7.89. The van der Waals surface area contributed by atoms with E-state index in [1.165, 1.54) is 0 Å². The Hall–Kier alpha value is -1.30. The molecule has 6 heteroatoms. The van der Waals surface area contributed by atoms with Crippen molar-refractivity contribution < 1.29 is 14.7 Å². The van der Waals surface area contributed by atoms with Crippen molar-refractivity contribution >= 4 is 11.7 Å². The summed E-state index contributed by atoms with van der Waals surface area (Å²) in [6, 6.07) is 0. The fraction of sp³-hybridized carbons (Fsp3) is 0.833. The van der Waals surface area contributed by atoms with Gasteiger partial charge in [0.25, 0.3) is 0 Å². The van der Waals surface area contributed by atoms with E-state index in [0.717, 1.165) is 0 Å². The molecule has 0 aliphatic carbocycles. The third-order valence-electron chi connectivity index (χ3n) is 2.37. The van der Waals surface area contributed by atoms with Crippen molar-refractivity contribution in [1.29, 1.82) is 0 Å². The van der Waals surface area contributed by atoms with Crippen LogP contribution in [0.25, 0.3) is 0 Å². The molecule has 0 aliphatic rings. The minimum Gasteiger partial charge on any atom is -0.409 e. The number of carbonyl (C=O) groups excluding carboxylic acids is 1. The van der Waals surface area contributed by atoms with Crippen LogP contribution in [0.3, 0.4) is 0 Å². The summed E-state index contributed by atoms with van der Waals surface area (Å²) in [5, 5.41) is 11.4. The summed E-state index contributed by atoms with van der Waals surface area (Å²) in [7, 11) is 1.59. The van der Waals surface area contributed by atoms with E-state index in [0.29, 0.717) is 32.5 Å². The SMILES string of the molecule is COCCN(CCC(N)=NO)C(=O)CC(C)(C)C. The van der Waals surface area contributed by atoms with Gasteiger partial charge in [-0.3, -0.25) is 4.79 Å². The van der Waals surface area contributed by atoms with Gasteiger partial charge in [0.15, 0.2) is 0 Å². The first-order valence-electron chi connectivity index (χ1n) is 6.03. The highest BCUT2D eigenvalue weighted by Crippen LogP contribution is 2.19. The first-order chi connectivity index (χ1) is 8.30. The maximum absolute atomic E-state index is 12.1. The molecule has 0 aromatic heterocycles. The van der Waals surface area contributed by atoms with Crippen LogP contribution in [0.15, 0.2) is 5.16 Å². The summed E-state index contributed by atoms with van der Waals surface area (Å²) in [5.74, 6) is 0.186. The van der Waals surface area contributed by atoms with Gasteiger partial charge in [0, 0.05) is 33.0 Å². The van der Waals surface area contributed by atoms with Gasteiger partial charge in [0.1, 0.15) is 5.84 Å². The summed E-state index contributed by atoms with van der Waals surface area (Å²) in [6.07, 6.45) is 0.822. The highest BCUT2D eigenvalue weighted by atomic mass is 16.5. The molecule has 3 N–H and O–H groups in total. The molecule has 6 nitrogen and oxygen atoms in total. The van der Waals surface area contributed by atoms with Gasteiger partial charge < -0.3 is 20.6 Å². The summed E-state index contributed by atoms with van der Waals surface area (Å²) >= 11 is 0. The average Bonchev–Trinajstić information content (AvgIpc) is 2.26. The lowest BCUT2D eigenvalue weighted by Gasteiger charge is -2.26. The van der Waals surface area contributed by atoms with Gasteiger partial charge in [-0.2, -0.15) is 0 Å². The lowest BCUT2D eigenvalue weighted by atomic mass is 9.91. The smallest absolute Gasteiger partial charge is 0.223 e. The van der Waals surface area contributed by atoms with E-state index in [2.05, 4.69) is 5.16 Å². The van der Waals surface area contributed by atoms with E-state index in [1.54, 1.807) is 12.0 Å². The molecule has 0 saturated carbocycles. The standard InChI is InChI=1S/C12H25N3O3/c1-12(2,3)9-11(16)15(7-8-18-4)6-5-10(13)14-17/h17H,5-9H2,1-4H3,(H2,13,14). The second-order valence-electron chi connectivity index (χ2n) is 5.45. The number of amidine groups is 1. The van der Waals surface area contributed by atoms with Gasteiger partial charge >= 0.3 is 0 Å². The van der Waals surface area contributed by atoms with Gasteiger partial charge in [-0.1, -0.05) is 25.9 Å². The van der Waals surface area contributed by atoms with Crippen molar-refractivity contribution in [3.05, 3.63) is 0 Å². The first-order valence-corrected chi connectivity index (χ1v) is 6.03. The lowest BCUT2D eigenvalue weighted by Crippen LogP contribution is -2.38. The van der Waals surface area contributed by atoms with Crippen LogP contribution in [-0.2, 0) is 9.53 Å². The monoisotopic (exact) mass is 259 g/mol. The van der Waals surface area contributed by atoms with Crippen molar-refractivity contribution in [3.8, 4) is 0 Å². The number of hydrogen-bond acceptors (Lipinski definition) is 4. The molecule has 0 heterocycles. The normalized spacial score (nSPS) is 12.6. The van der Waals surface area contributed by atoms with Crippen LogP contribution in [0.1, 0.15) is 33.6 Å². The maximum atomic E-state index is 12.1. The second-order valence-corrected chi connectivity index (χ2v) is 5.45. The molecule has 0 bridgehead atoms. The molecule has 0 spiro atoms. The Labute approximate surface area is 109 Å². The highest BCUT2D eigenvalue weighted by molar-refractivity contribution is 5.81. The molecule has 0 atom stereocenters. The van der Waals surface area contributed by atoms with E-state index in [4.69, 9.17) is 15.7 Å². The molecule has 0 saturated heterocycles. The maximum Gasteiger partial charge on any atom is 0.223 e. The van der Waals surface area contributed by atoms with Gasteiger partial charge in [-0.15, -0.1) is 0 Å². The molecule has 0 radical (unpaired) electrons.